The van der Waals surface area contributed by atoms with Crippen LogP contribution in [0.25, 0.3) is 17.1 Å². The average molecular weight is 910 g/mol. The highest BCUT2D eigenvalue weighted by molar-refractivity contribution is 6.05. The van der Waals surface area contributed by atoms with Crippen LogP contribution in [0.5, 0.6) is 0 Å². The molecule has 3 aromatic heterocycles. The Hall–Kier alpha value is -7.10. The lowest BCUT2D eigenvalue weighted by atomic mass is 10.0. The normalized spacial score (nSPS) is 15.8. The minimum absolute atomic E-state index is 0.0815. The number of benzene rings is 2. The summed E-state index contributed by atoms with van der Waals surface area (Å²) in [6.07, 6.45) is 4.04. The third kappa shape index (κ3) is 11.8. The summed E-state index contributed by atoms with van der Waals surface area (Å²) in [5.41, 5.74) is 3.32. The van der Waals surface area contributed by atoms with Crippen LogP contribution < -0.4 is 31.9 Å². The summed E-state index contributed by atoms with van der Waals surface area (Å²) in [7, 11) is 0. The number of nitrogens with zero attached hydrogens (tertiary/aromatic N) is 5. The third-order valence-corrected chi connectivity index (χ3v) is 11.1. The molecule has 2 fully saturated rings. The van der Waals surface area contributed by atoms with Gasteiger partial charge in [-0.05, 0) is 72.2 Å². The zero-order valence-corrected chi connectivity index (χ0v) is 35.8. The van der Waals surface area contributed by atoms with Crippen LogP contribution in [-0.4, -0.2) is 106 Å². The molecule has 1 aliphatic carbocycles. The molecular formula is C45H49F2N11O8. The molecule has 1 atom stereocenters. The Labute approximate surface area is 377 Å². The molecule has 2 aliphatic heterocycles. The lowest BCUT2D eigenvalue weighted by molar-refractivity contribution is -0.136. The van der Waals surface area contributed by atoms with Crippen molar-refractivity contribution in [1.82, 2.24) is 45.9 Å². The van der Waals surface area contributed by atoms with E-state index in [1.807, 2.05) is 18.2 Å². The first kappa shape index (κ1) is 45.5. The number of imide groups is 1. The fraction of sp³-hybridized carbons (Fsp3) is 0.378. The lowest BCUT2D eigenvalue weighted by Crippen LogP contribution is -2.52. The van der Waals surface area contributed by atoms with Gasteiger partial charge in [0.15, 0.2) is 11.4 Å². The van der Waals surface area contributed by atoms with Crippen molar-refractivity contribution < 1.29 is 46.6 Å². The third-order valence-electron chi connectivity index (χ3n) is 11.1. The van der Waals surface area contributed by atoms with Gasteiger partial charge in [0.05, 0.1) is 44.0 Å². The highest BCUT2D eigenvalue weighted by Gasteiger charge is 2.39. The molecule has 6 N–H and O–H groups in total. The van der Waals surface area contributed by atoms with Crippen LogP contribution >= 0.6 is 0 Å². The largest absolute Gasteiger partial charge is 0.444 e. The van der Waals surface area contributed by atoms with Gasteiger partial charge in [0.25, 0.3) is 18.2 Å². The van der Waals surface area contributed by atoms with Crippen molar-refractivity contribution in [1.29, 1.82) is 0 Å². The number of fused-ring (bicyclic) bond motifs is 1. The van der Waals surface area contributed by atoms with Crippen LogP contribution in [0.3, 0.4) is 0 Å². The van der Waals surface area contributed by atoms with Gasteiger partial charge >= 0.3 is 6.03 Å². The molecule has 346 valence electrons. The van der Waals surface area contributed by atoms with E-state index in [1.165, 1.54) is 34.9 Å². The molecule has 21 heteroatoms. The number of nitrogens with one attached hydrogen (secondary N) is 6. The van der Waals surface area contributed by atoms with Crippen LogP contribution in [0, 0.1) is 5.92 Å². The summed E-state index contributed by atoms with van der Waals surface area (Å²) in [6, 6.07) is 14.9. The standard InChI is InChI=1S/C45H49F2N11O8/c46-40(47)39-34(53-41(60)35-26-66-43(54-35)30-11-12-49-37(20-30)51-22-28-1-2-28)25-58(56-39)32-6-3-27(4-7-32)21-48-13-15-64-17-18-65-16-14-50-45(63)52-23-29-5-8-33-31(19-29)24-57(44(33)62)36-9-10-38(59)55-42(36)61/h3-8,11-12,19-20,25-26,28,36,40,48H,1-2,9-10,13-18,21-24H2,(H,49,51)(H,53,60)(H2,50,52,63)(H,55,59,61). The molecule has 19 nitrogen and oxygen atoms in total. The topological polar surface area (TPSA) is 236 Å². The molecule has 5 heterocycles. The number of hydrogen-bond donors (Lipinski definition) is 6. The summed E-state index contributed by atoms with van der Waals surface area (Å²) in [4.78, 5) is 72.1. The van der Waals surface area contributed by atoms with Crippen molar-refractivity contribution in [3.63, 3.8) is 0 Å². The number of hydrogen-bond acceptors (Lipinski definition) is 13. The molecule has 1 unspecified atom stereocenters. The molecule has 0 radical (unpaired) electrons. The second kappa shape index (κ2) is 21.3. The minimum atomic E-state index is -2.95. The summed E-state index contributed by atoms with van der Waals surface area (Å²) in [6.45, 7) is 4.13. The number of urea groups is 1. The fourth-order valence-electron chi connectivity index (χ4n) is 7.39. The number of aromatic nitrogens is 4. The molecule has 66 heavy (non-hydrogen) atoms. The second-order valence-corrected chi connectivity index (χ2v) is 16.0. The maximum Gasteiger partial charge on any atom is 0.315 e. The molecule has 6 amide bonds. The number of rotatable bonds is 22. The van der Waals surface area contributed by atoms with Gasteiger partial charge in [0, 0.05) is 63.0 Å². The van der Waals surface area contributed by atoms with Crippen molar-refractivity contribution in [2.45, 2.75) is 57.8 Å². The minimum Gasteiger partial charge on any atom is -0.444 e. The van der Waals surface area contributed by atoms with Crippen molar-refractivity contribution >= 4 is 41.2 Å². The number of anilines is 2. The van der Waals surface area contributed by atoms with E-state index in [2.05, 4.69) is 47.0 Å². The van der Waals surface area contributed by atoms with E-state index in [0.29, 0.717) is 61.5 Å². The summed E-state index contributed by atoms with van der Waals surface area (Å²) in [5.74, 6) is -0.266. The van der Waals surface area contributed by atoms with Crippen LogP contribution in [0.4, 0.5) is 25.1 Å². The Morgan fingerprint density at radius 2 is 1.70 bits per heavy atom. The van der Waals surface area contributed by atoms with Crippen molar-refractivity contribution in [3.05, 3.63) is 107 Å². The van der Waals surface area contributed by atoms with E-state index in [9.17, 15) is 32.8 Å². The second-order valence-electron chi connectivity index (χ2n) is 16.0. The van der Waals surface area contributed by atoms with Gasteiger partial charge in [-0.1, -0.05) is 24.3 Å². The molecule has 0 spiro atoms. The SMILES string of the molecule is O=C1CCC(N2Cc3cc(CNC(=O)NCCOCCOCCNCc4ccc(-n5cc(NC(=O)c6coc(-c7ccnc(NCC8CC8)c7)n6)c(C(F)F)n5)cc4)ccc3C2=O)C(=O)N1. The predicted octanol–water partition coefficient (Wildman–Crippen LogP) is 4.32. The van der Waals surface area contributed by atoms with Crippen LogP contribution in [0.15, 0.2) is 77.7 Å². The molecule has 0 bridgehead atoms. The number of pyridine rings is 1. The molecule has 3 aliphatic rings. The smallest absolute Gasteiger partial charge is 0.315 e. The zero-order valence-electron chi connectivity index (χ0n) is 35.8. The van der Waals surface area contributed by atoms with E-state index in [0.717, 1.165) is 23.2 Å². The molecular weight excluding hydrogens is 861 g/mol. The molecule has 1 saturated heterocycles. The van der Waals surface area contributed by atoms with E-state index in [-0.39, 0.29) is 74.2 Å². The molecule has 1 saturated carbocycles. The summed E-state index contributed by atoms with van der Waals surface area (Å²) in [5, 5.41) is 20.9. The highest BCUT2D eigenvalue weighted by atomic mass is 19.3. The molecule has 2 aromatic carbocycles. The first-order chi connectivity index (χ1) is 32.1. The summed E-state index contributed by atoms with van der Waals surface area (Å²) >= 11 is 0. The van der Waals surface area contributed by atoms with Gasteiger partial charge in [-0.3, -0.25) is 24.5 Å². The number of carbonyl (C=O) groups excluding carboxylic acids is 5. The number of ether oxygens (including phenoxy) is 2. The van der Waals surface area contributed by atoms with Gasteiger partial charge in [-0.2, -0.15) is 5.10 Å². The van der Waals surface area contributed by atoms with Crippen LogP contribution in [0.1, 0.15) is 75.3 Å². The number of piperidine rings is 1. The number of oxazole rings is 1. The predicted molar refractivity (Wildman–Crippen MR) is 233 cm³/mol. The van der Waals surface area contributed by atoms with E-state index in [1.54, 1.807) is 42.6 Å². The monoisotopic (exact) mass is 909 g/mol. The fourth-order valence-corrected chi connectivity index (χ4v) is 7.39. The average Bonchev–Trinajstić information content (AvgIpc) is 3.67. The maximum atomic E-state index is 14.0. The number of alkyl halides is 2. The van der Waals surface area contributed by atoms with Gasteiger partial charge in [-0.25, -0.2) is 28.2 Å². The van der Waals surface area contributed by atoms with Gasteiger partial charge in [0.1, 0.15) is 18.1 Å². The van der Waals surface area contributed by atoms with Crippen LogP contribution in [0.2, 0.25) is 0 Å². The van der Waals surface area contributed by atoms with Crippen molar-refractivity contribution in [2.24, 2.45) is 5.92 Å². The van der Waals surface area contributed by atoms with E-state index in [4.69, 9.17) is 13.9 Å². The Kier molecular flexibility index (Phi) is 14.6. The first-order valence-electron chi connectivity index (χ1n) is 21.7. The highest BCUT2D eigenvalue weighted by Crippen LogP contribution is 2.31. The molecule has 8 rings (SSSR count). The van der Waals surface area contributed by atoms with Crippen LogP contribution in [-0.2, 0) is 38.7 Å². The number of halogens is 2. The van der Waals surface area contributed by atoms with Gasteiger partial charge in [0.2, 0.25) is 17.7 Å². The Balaban J connectivity index is 0.681. The van der Waals surface area contributed by atoms with E-state index < -0.39 is 30.0 Å². The number of amides is 6. The van der Waals surface area contributed by atoms with Crippen molar-refractivity contribution in [2.75, 3.05) is 56.7 Å². The maximum absolute atomic E-state index is 14.0. The lowest BCUT2D eigenvalue weighted by Gasteiger charge is -2.29. The van der Waals surface area contributed by atoms with Gasteiger partial charge in [-0.15, -0.1) is 0 Å². The number of carbonyl (C=O) groups is 5. The Morgan fingerprint density at radius 3 is 2.47 bits per heavy atom. The van der Waals surface area contributed by atoms with Gasteiger partial charge < -0.3 is 45.4 Å². The van der Waals surface area contributed by atoms with E-state index >= 15 is 0 Å². The quantitative estimate of drug-likeness (QED) is 0.0420. The Morgan fingerprint density at radius 1 is 0.909 bits per heavy atom. The Bertz CT molecular complexity index is 2550. The first-order valence-corrected chi connectivity index (χ1v) is 21.7. The zero-order chi connectivity index (χ0) is 46.0. The van der Waals surface area contributed by atoms with Crippen molar-refractivity contribution in [3.8, 4) is 17.1 Å². The summed E-state index contributed by atoms with van der Waals surface area (Å²) < 4.78 is 46.0. The molecule has 5 aromatic rings.